The van der Waals surface area contributed by atoms with E-state index in [1.807, 2.05) is 0 Å². The van der Waals surface area contributed by atoms with E-state index in [9.17, 15) is 14.9 Å². The van der Waals surface area contributed by atoms with E-state index in [0.717, 1.165) is 0 Å². The van der Waals surface area contributed by atoms with Crippen molar-refractivity contribution >= 4 is 17.4 Å². The second kappa shape index (κ2) is 4.84. The molecule has 4 nitrogen and oxygen atoms in total. The summed E-state index contributed by atoms with van der Waals surface area (Å²) in [6, 6.07) is 6.36. The van der Waals surface area contributed by atoms with Crippen LogP contribution in [0.3, 0.4) is 0 Å². The maximum atomic E-state index is 12.1. The van der Waals surface area contributed by atoms with E-state index in [4.69, 9.17) is 11.6 Å². The van der Waals surface area contributed by atoms with Crippen LogP contribution < -0.4 is 0 Å². The second-order valence-electron chi connectivity index (χ2n) is 4.50. The second-order valence-corrected chi connectivity index (χ2v) is 4.94. The Balaban J connectivity index is 2.98. The number of carbonyl (C=O) groups is 1. The molecule has 0 amide bonds. The molecule has 0 heterocycles. The van der Waals surface area contributed by atoms with Crippen molar-refractivity contribution < 1.29 is 9.72 Å². The van der Waals surface area contributed by atoms with E-state index in [1.54, 1.807) is 31.2 Å². The highest BCUT2D eigenvalue weighted by Crippen LogP contribution is 2.24. The summed E-state index contributed by atoms with van der Waals surface area (Å²) in [5, 5.41) is 11.4. The molecule has 0 aliphatic rings. The van der Waals surface area contributed by atoms with Crippen LogP contribution in [-0.2, 0) is 0 Å². The highest BCUT2D eigenvalue weighted by molar-refractivity contribution is 6.30. The summed E-state index contributed by atoms with van der Waals surface area (Å²) in [4.78, 5) is 22.5. The lowest BCUT2D eigenvalue weighted by molar-refractivity contribution is -0.566. The Labute approximate surface area is 105 Å². The van der Waals surface area contributed by atoms with Crippen molar-refractivity contribution in [3.05, 3.63) is 45.0 Å². The average Bonchev–Trinajstić information content (AvgIpc) is 2.27. The van der Waals surface area contributed by atoms with E-state index < -0.39 is 16.4 Å². The van der Waals surface area contributed by atoms with Crippen LogP contribution in [0.25, 0.3) is 0 Å². The summed E-state index contributed by atoms with van der Waals surface area (Å²) in [5.74, 6) is -0.943. The molecule has 1 aromatic carbocycles. The molecule has 0 radical (unpaired) electrons. The fourth-order valence-corrected chi connectivity index (χ4v) is 1.47. The van der Waals surface area contributed by atoms with Gasteiger partial charge < -0.3 is 0 Å². The van der Waals surface area contributed by atoms with Gasteiger partial charge in [0, 0.05) is 29.4 Å². The Bertz CT molecular complexity index is 440. The van der Waals surface area contributed by atoms with Crippen LogP contribution in [0.15, 0.2) is 24.3 Å². The number of nitrogens with zero attached hydrogens (tertiary/aromatic N) is 1. The van der Waals surface area contributed by atoms with Gasteiger partial charge in [-0.25, -0.2) is 0 Å². The van der Waals surface area contributed by atoms with Crippen LogP contribution in [0.1, 0.15) is 31.1 Å². The normalized spacial score (nSPS) is 13.2. The Kier molecular flexibility index (Phi) is 3.88. The number of halogens is 1. The first-order valence-corrected chi connectivity index (χ1v) is 5.59. The minimum absolute atomic E-state index is 0.247. The van der Waals surface area contributed by atoms with Crippen LogP contribution in [0.2, 0.25) is 5.02 Å². The van der Waals surface area contributed by atoms with Crippen molar-refractivity contribution in [3.63, 3.8) is 0 Å². The lowest BCUT2D eigenvalue weighted by atomic mass is 9.84. The van der Waals surface area contributed by atoms with E-state index >= 15 is 0 Å². The quantitative estimate of drug-likeness (QED) is 0.471. The predicted molar refractivity (Wildman–Crippen MR) is 66.0 cm³/mol. The molecular formula is C12H14ClNO3. The van der Waals surface area contributed by atoms with Crippen molar-refractivity contribution in [2.24, 2.45) is 5.92 Å². The molecule has 0 saturated carbocycles. The number of hydrogen-bond donors (Lipinski definition) is 0. The van der Waals surface area contributed by atoms with Gasteiger partial charge >= 0.3 is 0 Å². The van der Waals surface area contributed by atoms with Gasteiger partial charge in [-0.15, -0.1) is 0 Å². The van der Waals surface area contributed by atoms with Gasteiger partial charge in [0.1, 0.15) is 0 Å². The smallest absolute Gasteiger partial charge is 0.226 e. The minimum atomic E-state index is -1.28. The molecule has 0 spiro atoms. The van der Waals surface area contributed by atoms with E-state index in [2.05, 4.69) is 0 Å². The van der Waals surface area contributed by atoms with Crippen LogP contribution in [0.5, 0.6) is 0 Å². The molecule has 0 aromatic heterocycles. The third-order valence-corrected chi connectivity index (χ3v) is 3.30. The summed E-state index contributed by atoms with van der Waals surface area (Å²) in [6.07, 6.45) is 0. The van der Waals surface area contributed by atoms with Crippen LogP contribution in [0.4, 0.5) is 0 Å². The molecule has 1 aromatic rings. The zero-order chi connectivity index (χ0) is 13.2. The van der Waals surface area contributed by atoms with E-state index in [1.165, 1.54) is 13.8 Å². The maximum Gasteiger partial charge on any atom is 0.226 e. The molecule has 1 rings (SSSR count). The molecule has 0 N–H and O–H groups in total. The average molecular weight is 256 g/mol. The summed E-state index contributed by atoms with van der Waals surface area (Å²) in [6.45, 7) is 4.47. The molecule has 0 aliphatic carbocycles. The molecule has 1 atom stereocenters. The van der Waals surface area contributed by atoms with Gasteiger partial charge in [-0.3, -0.25) is 14.9 Å². The minimum Gasteiger partial charge on any atom is -0.294 e. The van der Waals surface area contributed by atoms with Gasteiger partial charge in [0.25, 0.3) is 0 Å². The van der Waals surface area contributed by atoms with Crippen molar-refractivity contribution in [1.82, 2.24) is 0 Å². The number of benzene rings is 1. The topological polar surface area (TPSA) is 60.2 Å². The summed E-state index contributed by atoms with van der Waals surface area (Å²) in [5.41, 5.74) is -0.840. The molecule has 0 fully saturated rings. The lowest BCUT2D eigenvalue weighted by Gasteiger charge is -2.22. The number of hydrogen-bond acceptors (Lipinski definition) is 3. The predicted octanol–water partition coefficient (Wildman–Crippen LogP) is 3.21. The van der Waals surface area contributed by atoms with Crippen LogP contribution in [-0.4, -0.2) is 16.2 Å². The molecule has 17 heavy (non-hydrogen) atoms. The Hall–Kier alpha value is -1.42. The Morgan fingerprint density at radius 3 is 2.24 bits per heavy atom. The van der Waals surface area contributed by atoms with Gasteiger partial charge in [-0.05, 0) is 31.2 Å². The molecule has 1 unspecified atom stereocenters. The SMILES string of the molecule is CC(C(=O)c1ccc(Cl)cc1)C(C)(C)[N+](=O)[O-]. The van der Waals surface area contributed by atoms with Crippen molar-refractivity contribution in [3.8, 4) is 0 Å². The largest absolute Gasteiger partial charge is 0.294 e. The third-order valence-electron chi connectivity index (χ3n) is 3.05. The fraction of sp³-hybridized carbons (Fsp3) is 0.417. The summed E-state index contributed by atoms with van der Waals surface area (Å²) in [7, 11) is 0. The Morgan fingerprint density at radius 1 is 1.35 bits per heavy atom. The molecule has 0 saturated heterocycles. The van der Waals surface area contributed by atoms with Gasteiger partial charge in [0.05, 0.1) is 5.92 Å². The highest BCUT2D eigenvalue weighted by atomic mass is 35.5. The summed E-state index contributed by atoms with van der Waals surface area (Å²) < 4.78 is 0. The molecule has 0 aliphatic heterocycles. The van der Waals surface area contributed by atoms with Crippen molar-refractivity contribution in [1.29, 1.82) is 0 Å². The van der Waals surface area contributed by atoms with Crippen LogP contribution in [0, 0.1) is 16.0 Å². The van der Waals surface area contributed by atoms with Gasteiger partial charge in [0.2, 0.25) is 5.54 Å². The third kappa shape index (κ3) is 2.82. The summed E-state index contributed by atoms with van der Waals surface area (Å²) >= 11 is 5.72. The fourth-order valence-electron chi connectivity index (χ4n) is 1.34. The number of rotatable bonds is 4. The Morgan fingerprint density at radius 2 is 1.82 bits per heavy atom. The first kappa shape index (κ1) is 13.6. The molecule has 0 bridgehead atoms. The number of ketones is 1. The first-order chi connectivity index (χ1) is 7.76. The number of Topliss-reactive ketones (excluding diaryl/α,β-unsaturated/α-hetero) is 1. The maximum absolute atomic E-state index is 12.1. The van der Waals surface area contributed by atoms with Crippen molar-refractivity contribution in [2.75, 3.05) is 0 Å². The van der Waals surface area contributed by atoms with Crippen LogP contribution >= 0.6 is 11.6 Å². The molecule has 5 heteroatoms. The zero-order valence-corrected chi connectivity index (χ0v) is 10.7. The van der Waals surface area contributed by atoms with Gasteiger partial charge in [0.15, 0.2) is 5.78 Å². The number of carbonyl (C=O) groups excluding carboxylic acids is 1. The highest BCUT2D eigenvalue weighted by Gasteiger charge is 2.42. The molecule has 92 valence electrons. The van der Waals surface area contributed by atoms with E-state index in [0.29, 0.717) is 10.6 Å². The molecular weight excluding hydrogens is 242 g/mol. The first-order valence-electron chi connectivity index (χ1n) is 5.21. The van der Waals surface area contributed by atoms with Crippen molar-refractivity contribution in [2.45, 2.75) is 26.3 Å². The number of nitro groups is 1. The van der Waals surface area contributed by atoms with E-state index in [-0.39, 0.29) is 5.78 Å². The van der Waals surface area contributed by atoms with Gasteiger partial charge in [-0.1, -0.05) is 11.6 Å². The van der Waals surface area contributed by atoms with Gasteiger partial charge in [-0.2, -0.15) is 0 Å². The standard InChI is InChI=1S/C12H14ClNO3/c1-8(12(2,3)14(16)17)11(15)9-4-6-10(13)7-5-9/h4-8H,1-3H3. The lowest BCUT2D eigenvalue weighted by Crippen LogP contribution is -2.42. The zero-order valence-electron chi connectivity index (χ0n) is 9.94. The monoisotopic (exact) mass is 255 g/mol.